The first-order valence-corrected chi connectivity index (χ1v) is 14.9. The standard InChI is InChI=1S/C34H35N3O3S/c1-6-36(7-2)26-17-15-24(16-18-26)29-28(30(38)32-22(5)35-33(41-32)25-11-9-8-10-12-25)31(39)34(40)37(29)27-19-13-23(14-20-27)21(3)4/h8-21,29,39H,6-7H2,1-5H3. The summed E-state index contributed by atoms with van der Waals surface area (Å²) in [5, 5.41) is 12.0. The van der Waals surface area contributed by atoms with E-state index in [1.54, 1.807) is 6.92 Å². The van der Waals surface area contributed by atoms with Crippen molar-refractivity contribution in [2.24, 2.45) is 0 Å². The lowest BCUT2D eigenvalue weighted by molar-refractivity contribution is -0.117. The van der Waals surface area contributed by atoms with E-state index in [4.69, 9.17) is 0 Å². The maximum atomic E-state index is 14.2. The molecule has 0 spiro atoms. The first-order chi connectivity index (χ1) is 19.7. The molecule has 1 amide bonds. The molecular formula is C34H35N3O3S. The van der Waals surface area contributed by atoms with Crippen LogP contribution in [-0.2, 0) is 4.79 Å². The average Bonchev–Trinajstić information content (AvgIpc) is 3.51. The Morgan fingerprint density at radius 2 is 1.61 bits per heavy atom. The fourth-order valence-corrected chi connectivity index (χ4v) is 6.35. The van der Waals surface area contributed by atoms with Gasteiger partial charge in [-0.3, -0.25) is 14.5 Å². The Kier molecular flexibility index (Phi) is 8.08. The van der Waals surface area contributed by atoms with Crippen LogP contribution in [0.1, 0.15) is 66.1 Å². The monoisotopic (exact) mass is 565 g/mol. The van der Waals surface area contributed by atoms with Crippen molar-refractivity contribution in [1.29, 1.82) is 0 Å². The van der Waals surface area contributed by atoms with Gasteiger partial charge >= 0.3 is 0 Å². The van der Waals surface area contributed by atoms with Crippen molar-refractivity contribution in [3.05, 3.63) is 112 Å². The zero-order valence-corrected chi connectivity index (χ0v) is 24.9. The van der Waals surface area contributed by atoms with Gasteiger partial charge in [0.2, 0.25) is 5.78 Å². The van der Waals surface area contributed by atoms with E-state index >= 15 is 0 Å². The van der Waals surface area contributed by atoms with Gasteiger partial charge < -0.3 is 10.0 Å². The molecule has 3 aromatic carbocycles. The Bertz CT molecular complexity index is 1580. The van der Waals surface area contributed by atoms with Crippen LogP contribution in [0, 0.1) is 6.92 Å². The lowest BCUT2D eigenvalue weighted by Gasteiger charge is -2.28. The molecule has 41 heavy (non-hydrogen) atoms. The third-order valence-corrected chi connectivity index (χ3v) is 8.86. The molecule has 0 aliphatic carbocycles. The number of hydrogen-bond donors (Lipinski definition) is 1. The van der Waals surface area contributed by atoms with Gasteiger partial charge in [-0.1, -0.05) is 68.4 Å². The van der Waals surface area contributed by atoms with Gasteiger partial charge in [-0.25, -0.2) is 4.98 Å². The zero-order valence-electron chi connectivity index (χ0n) is 24.1. The molecule has 6 nitrogen and oxygen atoms in total. The molecule has 5 rings (SSSR count). The Morgan fingerprint density at radius 1 is 0.976 bits per heavy atom. The maximum Gasteiger partial charge on any atom is 0.294 e. The fourth-order valence-electron chi connectivity index (χ4n) is 5.33. The van der Waals surface area contributed by atoms with Crippen molar-refractivity contribution in [1.82, 2.24) is 4.98 Å². The van der Waals surface area contributed by atoms with E-state index in [0.29, 0.717) is 22.2 Å². The minimum Gasteiger partial charge on any atom is -0.503 e. The van der Waals surface area contributed by atoms with Crippen LogP contribution in [0.25, 0.3) is 10.6 Å². The number of anilines is 2. The Labute approximate surface area is 245 Å². The minimum absolute atomic E-state index is 0.0740. The number of hydrogen-bond acceptors (Lipinski definition) is 6. The lowest BCUT2D eigenvalue weighted by Crippen LogP contribution is -2.31. The highest BCUT2D eigenvalue weighted by molar-refractivity contribution is 7.17. The molecule has 0 bridgehead atoms. The van der Waals surface area contributed by atoms with E-state index in [1.807, 2.05) is 78.9 Å². The number of carbonyl (C=O) groups excluding carboxylic acids is 2. The maximum absolute atomic E-state index is 14.2. The molecule has 0 saturated heterocycles. The molecular weight excluding hydrogens is 530 g/mol. The van der Waals surface area contributed by atoms with Crippen LogP contribution in [0.2, 0.25) is 0 Å². The van der Waals surface area contributed by atoms with Gasteiger partial charge in [0.15, 0.2) is 5.76 Å². The van der Waals surface area contributed by atoms with Crippen LogP contribution < -0.4 is 9.80 Å². The SMILES string of the molecule is CCN(CC)c1ccc(C2C(C(=O)c3sc(-c4ccccc4)nc3C)=C(O)C(=O)N2c2ccc(C(C)C)cc2)cc1. The molecule has 1 aromatic heterocycles. The van der Waals surface area contributed by atoms with Crippen LogP contribution in [-0.4, -0.2) is 34.9 Å². The van der Waals surface area contributed by atoms with E-state index in [-0.39, 0.29) is 11.4 Å². The van der Waals surface area contributed by atoms with Crippen molar-refractivity contribution in [3.63, 3.8) is 0 Å². The number of aryl methyl sites for hydroxylation is 1. The summed E-state index contributed by atoms with van der Waals surface area (Å²) in [6, 6.07) is 24.6. The number of benzene rings is 3. The van der Waals surface area contributed by atoms with Gasteiger partial charge in [0, 0.05) is 30.0 Å². The molecule has 210 valence electrons. The largest absolute Gasteiger partial charge is 0.503 e. The number of rotatable bonds is 9. The van der Waals surface area contributed by atoms with Crippen molar-refractivity contribution >= 4 is 34.4 Å². The number of carbonyl (C=O) groups is 2. The summed E-state index contributed by atoms with van der Waals surface area (Å²) in [7, 11) is 0. The minimum atomic E-state index is -0.785. The topological polar surface area (TPSA) is 73.7 Å². The number of nitrogens with zero attached hydrogens (tertiary/aromatic N) is 3. The van der Waals surface area contributed by atoms with Crippen LogP contribution in [0.3, 0.4) is 0 Å². The highest BCUT2D eigenvalue weighted by Gasteiger charge is 2.45. The quantitative estimate of drug-likeness (QED) is 0.209. The third kappa shape index (κ3) is 5.30. The van der Waals surface area contributed by atoms with Crippen LogP contribution in [0.4, 0.5) is 11.4 Å². The highest BCUT2D eigenvalue weighted by Crippen LogP contribution is 2.44. The lowest BCUT2D eigenvalue weighted by atomic mass is 9.94. The van der Waals surface area contributed by atoms with Gasteiger partial charge in [0.25, 0.3) is 5.91 Å². The third-order valence-electron chi connectivity index (χ3n) is 7.65. The van der Waals surface area contributed by atoms with Crippen LogP contribution >= 0.6 is 11.3 Å². The van der Waals surface area contributed by atoms with E-state index in [9.17, 15) is 14.7 Å². The molecule has 0 saturated carbocycles. The number of aromatic nitrogens is 1. The zero-order chi connectivity index (χ0) is 29.3. The van der Waals surface area contributed by atoms with Gasteiger partial charge in [0.1, 0.15) is 5.01 Å². The Morgan fingerprint density at radius 3 is 2.20 bits per heavy atom. The van der Waals surface area contributed by atoms with E-state index in [2.05, 4.69) is 37.6 Å². The Balaban J connectivity index is 1.61. The summed E-state index contributed by atoms with van der Waals surface area (Å²) in [5.74, 6) is -1.16. The first-order valence-electron chi connectivity index (χ1n) is 14.0. The Hall–Kier alpha value is -4.23. The summed E-state index contributed by atoms with van der Waals surface area (Å²) in [6.07, 6.45) is 0. The second-order valence-electron chi connectivity index (χ2n) is 10.5. The van der Waals surface area contributed by atoms with Crippen LogP contribution in [0.5, 0.6) is 0 Å². The summed E-state index contributed by atoms with van der Waals surface area (Å²) >= 11 is 1.28. The molecule has 0 radical (unpaired) electrons. The highest BCUT2D eigenvalue weighted by atomic mass is 32.1. The predicted octanol–water partition coefficient (Wildman–Crippen LogP) is 7.87. The van der Waals surface area contributed by atoms with Crippen molar-refractivity contribution in [2.45, 2.75) is 46.6 Å². The summed E-state index contributed by atoms with van der Waals surface area (Å²) in [4.78, 5) is 36.7. The molecule has 0 fully saturated rings. The predicted molar refractivity (Wildman–Crippen MR) is 167 cm³/mol. The van der Waals surface area contributed by atoms with Crippen molar-refractivity contribution in [2.75, 3.05) is 22.9 Å². The molecule has 1 aliphatic heterocycles. The van der Waals surface area contributed by atoms with E-state index in [0.717, 1.165) is 40.5 Å². The summed E-state index contributed by atoms with van der Waals surface area (Å²) in [6.45, 7) is 12.0. The smallest absolute Gasteiger partial charge is 0.294 e. The number of amides is 1. The van der Waals surface area contributed by atoms with Crippen molar-refractivity contribution in [3.8, 4) is 10.6 Å². The van der Waals surface area contributed by atoms with Gasteiger partial charge in [-0.15, -0.1) is 11.3 Å². The number of aliphatic hydroxyl groups is 1. The summed E-state index contributed by atoms with van der Waals surface area (Å²) in [5.41, 5.74) is 5.13. The summed E-state index contributed by atoms with van der Waals surface area (Å²) < 4.78 is 0. The molecule has 1 aliphatic rings. The molecule has 7 heteroatoms. The van der Waals surface area contributed by atoms with Gasteiger partial charge in [-0.2, -0.15) is 0 Å². The number of ketones is 1. The molecule has 1 atom stereocenters. The second-order valence-corrected chi connectivity index (χ2v) is 11.5. The number of Topliss-reactive ketones (excluding diaryl/α,β-unsaturated/α-hetero) is 1. The number of aliphatic hydroxyl groups excluding tert-OH is 1. The molecule has 1 N–H and O–H groups in total. The first kappa shape index (κ1) is 28.3. The van der Waals surface area contributed by atoms with Gasteiger partial charge in [-0.05, 0) is 62.1 Å². The molecule has 2 heterocycles. The van der Waals surface area contributed by atoms with Crippen molar-refractivity contribution < 1.29 is 14.7 Å². The average molecular weight is 566 g/mol. The van der Waals surface area contributed by atoms with Gasteiger partial charge in [0.05, 0.1) is 22.2 Å². The van der Waals surface area contributed by atoms with Crippen LogP contribution in [0.15, 0.2) is 90.2 Å². The van der Waals surface area contributed by atoms with E-state index in [1.165, 1.54) is 16.2 Å². The fraction of sp³-hybridized carbons (Fsp3) is 0.265. The molecule has 1 unspecified atom stereocenters. The number of thiazole rings is 1. The van der Waals surface area contributed by atoms with E-state index < -0.39 is 17.7 Å². The normalized spacial score (nSPS) is 15.2. The second kappa shape index (κ2) is 11.7. The molecule has 4 aromatic rings.